The van der Waals surface area contributed by atoms with Gasteiger partial charge in [0.1, 0.15) is 7.05 Å². The van der Waals surface area contributed by atoms with Crippen LogP contribution in [-0.4, -0.2) is 4.40 Å². The summed E-state index contributed by atoms with van der Waals surface area (Å²) in [5, 5.41) is 9.61. The Labute approximate surface area is 218 Å². The molecule has 3 aromatic heterocycles. The average molecular weight is 484 g/mol. The molecule has 0 radical (unpaired) electrons. The molecule has 37 heavy (non-hydrogen) atoms. The second-order valence-electron chi connectivity index (χ2n) is 12.5. The normalized spacial score (nSPS) is 13.1. The van der Waals surface area contributed by atoms with Gasteiger partial charge in [0, 0.05) is 16.8 Å². The van der Waals surface area contributed by atoms with E-state index in [2.05, 4.69) is 124 Å². The van der Waals surface area contributed by atoms with Crippen LogP contribution in [0.1, 0.15) is 57.2 Å². The van der Waals surface area contributed by atoms with Crippen LogP contribution in [0.25, 0.3) is 59.8 Å². The van der Waals surface area contributed by atoms with Gasteiger partial charge >= 0.3 is 0 Å². The summed E-state index contributed by atoms with van der Waals surface area (Å²) in [7, 11) is 2.22. The van der Waals surface area contributed by atoms with Crippen molar-refractivity contribution >= 4 is 59.8 Å². The molecule has 7 aromatic rings. The molecular formula is C35H35N2+. The topological polar surface area (TPSA) is 8.29 Å². The number of hydrogen-bond acceptors (Lipinski definition) is 0. The number of aryl methyl sites for hydroxylation is 2. The molecule has 0 N–H and O–H groups in total. The Balaban J connectivity index is 1.93. The van der Waals surface area contributed by atoms with Crippen LogP contribution in [0.15, 0.2) is 66.9 Å². The number of nitrogens with zero attached hydrogens (tertiary/aromatic N) is 2. The number of aromatic nitrogens is 2. The fraction of sp³-hybridized carbons (Fsp3) is 0.286. The van der Waals surface area contributed by atoms with Crippen molar-refractivity contribution in [2.24, 2.45) is 12.5 Å². The monoisotopic (exact) mass is 483 g/mol. The van der Waals surface area contributed by atoms with Crippen molar-refractivity contribution in [3.63, 3.8) is 0 Å². The zero-order valence-electron chi connectivity index (χ0n) is 23.0. The molecule has 0 unspecified atom stereocenters. The smallest absolute Gasteiger partial charge is 0.224 e. The number of hydrogen-bond donors (Lipinski definition) is 0. The molecule has 0 spiro atoms. The zero-order chi connectivity index (χ0) is 25.8. The van der Waals surface area contributed by atoms with Crippen LogP contribution in [0.2, 0.25) is 0 Å². The van der Waals surface area contributed by atoms with Gasteiger partial charge < -0.3 is 4.40 Å². The fourth-order valence-electron chi connectivity index (χ4n) is 6.95. The van der Waals surface area contributed by atoms with E-state index in [4.69, 9.17) is 0 Å². The average Bonchev–Trinajstić information content (AvgIpc) is 3.20. The summed E-state index contributed by atoms with van der Waals surface area (Å²) in [6.45, 7) is 14.1. The van der Waals surface area contributed by atoms with Gasteiger partial charge in [0.25, 0.3) is 0 Å². The Hall–Kier alpha value is -3.65. The minimum atomic E-state index is 0.155. The molecule has 0 bridgehead atoms. The van der Waals surface area contributed by atoms with E-state index in [1.54, 1.807) is 0 Å². The van der Waals surface area contributed by atoms with Gasteiger partial charge in [-0.05, 0) is 63.6 Å². The first kappa shape index (κ1) is 22.5. The Kier molecular flexibility index (Phi) is 4.54. The summed E-state index contributed by atoms with van der Waals surface area (Å²) >= 11 is 0. The van der Waals surface area contributed by atoms with E-state index in [-0.39, 0.29) is 5.41 Å². The first-order valence-corrected chi connectivity index (χ1v) is 13.6. The van der Waals surface area contributed by atoms with Gasteiger partial charge in [0.05, 0.1) is 27.3 Å². The highest BCUT2D eigenvalue weighted by Crippen LogP contribution is 2.46. The maximum absolute atomic E-state index is 2.64. The Morgan fingerprint density at radius 2 is 1.54 bits per heavy atom. The summed E-state index contributed by atoms with van der Waals surface area (Å²) in [5.41, 5.74) is 9.84. The SMILES string of the molecule is Cc1c2ccccc2c(CC(C)(C)C)c2c1c1c3c(ccc4c5c(C(C)C)cccc5n2c43)cc[n+]1C. The summed E-state index contributed by atoms with van der Waals surface area (Å²) in [6, 6.07) is 23.0. The molecule has 0 aliphatic carbocycles. The van der Waals surface area contributed by atoms with Crippen molar-refractivity contribution in [1.82, 2.24) is 4.40 Å². The number of pyridine rings is 2. The fourth-order valence-corrected chi connectivity index (χ4v) is 6.95. The molecule has 0 saturated carbocycles. The van der Waals surface area contributed by atoms with Gasteiger partial charge in [-0.3, -0.25) is 0 Å². The quantitative estimate of drug-likeness (QED) is 0.132. The molecule has 0 saturated heterocycles. The zero-order valence-corrected chi connectivity index (χ0v) is 23.0. The van der Waals surface area contributed by atoms with E-state index in [0.29, 0.717) is 5.92 Å². The van der Waals surface area contributed by atoms with E-state index in [0.717, 1.165) is 6.42 Å². The van der Waals surface area contributed by atoms with Crippen LogP contribution in [0.4, 0.5) is 0 Å². The lowest BCUT2D eigenvalue weighted by atomic mass is 9.83. The highest BCUT2D eigenvalue weighted by atomic mass is 15.0. The standard InChI is InChI=1S/C35H35N2/c1-20(2)23-13-10-14-28-31(23)26-16-15-22-17-18-36(7)34-29-21(3)24-11-8-9-12-25(24)27(19-35(4,5)6)33(29)37(28)32(26)30(22)34/h8-18,20H,19H2,1-7H3/q+1. The highest BCUT2D eigenvalue weighted by Gasteiger charge is 2.29. The van der Waals surface area contributed by atoms with E-state index < -0.39 is 0 Å². The molecule has 0 amide bonds. The minimum Gasteiger partial charge on any atom is -0.307 e. The van der Waals surface area contributed by atoms with E-state index in [1.165, 1.54) is 76.5 Å². The van der Waals surface area contributed by atoms with Crippen molar-refractivity contribution in [1.29, 1.82) is 0 Å². The van der Waals surface area contributed by atoms with Crippen molar-refractivity contribution in [3.05, 3.63) is 83.6 Å². The molecule has 4 aromatic carbocycles. The third kappa shape index (κ3) is 2.96. The molecule has 0 fully saturated rings. The van der Waals surface area contributed by atoms with Gasteiger partial charge in [-0.1, -0.05) is 83.1 Å². The maximum Gasteiger partial charge on any atom is 0.224 e. The van der Waals surface area contributed by atoms with E-state index >= 15 is 0 Å². The second-order valence-corrected chi connectivity index (χ2v) is 12.5. The summed E-state index contributed by atoms with van der Waals surface area (Å²) in [4.78, 5) is 0. The summed E-state index contributed by atoms with van der Waals surface area (Å²) < 4.78 is 5.00. The van der Waals surface area contributed by atoms with Gasteiger partial charge in [-0.25, -0.2) is 4.57 Å². The first-order chi connectivity index (χ1) is 17.7. The van der Waals surface area contributed by atoms with Gasteiger partial charge in [-0.2, -0.15) is 0 Å². The van der Waals surface area contributed by atoms with E-state index in [9.17, 15) is 0 Å². The predicted molar refractivity (Wildman–Crippen MR) is 159 cm³/mol. The summed E-state index contributed by atoms with van der Waals surface area (Å²) in [5.74, 6) is 0.456. The largest absolute Gasteiger partial charge is 0.307 e. The molecule has 3 heterocycles. The van der Waals surface area contributed by atoms with Crippen LogP contribution >= 0.6 is 0 Å². The number of benzene rings is 4. The molecule has 0 aliphatic rings. The lowest BCUT2D eigenvalue weighted by Gasteiger charge is -2.24. The summed E-state index contributed by atoms with van der Waals surface area (Å²) in [6.07, 6.45) is 3.26. The van der Waals surface area contributed by atoms with E-state index in [1.807, 2.05) is 0 Å². The Morgan fingerprint density at radius 1 is 0.784 bits per heavy atom. The molecule has 2 nitrogen and oxygen atoms in total. The minimum absolute atomic E-state index is 0.155. The van der Waals surface area contributed by atoms with Crippen LogP contribution < -0.4 is 4.57 Å². The molecule has 0 atom stereocenters. The van der Waals surface area contributed by atoms with Crippen molar-refractivity contribution in [2.45, 2.75) is 53.9 Å². The number of fused-ring (bicyclic) bond motifs is 7. The van der Waals surface area contributed by atoms with Crippen LogP contribution in [-0.2, 0) is 13.5 Å². The lowest BCUT2D eigenvalue weighted by Crippen LogP contribution is -2.29. The van der Waals surface area contributed by atoms with Gasteiger partial charge in [0.15, 0.2) is 6.20 Å². The van der Waals surface area contributed by atoms with Crippen LogP contribution in [0, 0.1) is 12.3 Å². The molecule has 7 rings (SSSR count). The Bertz CT molecular complexity index is 2030. The van der Waals surface area contributed by atoms with Crippen LogP contribution in [0.5, 0.6) is 0 Å². The number of rotatable bonds is 2. The molecule has 0 aliphatic heterocycles. The molecule has 184 valence electrons. The Morgan fingerprint density at radius 3 is 2.27 bits per heavy atom. The van der Waals surface area contributed by atoms with Gasteiger partial charge in [0.2, 0.25) is 5.52 Å². The van der Waals surface area contributed by atoms with Gasteiger partial charge in [-0.15, -0.1) is 0 Å². The molecule has 2 heteroatoms. The highest BCUT2D eigenvalue weighted by molar-refractivity contribution is 6.29. The second kappa shape index (κ2) is 7.44. The lowest BCUT2D eigenvalue weighted by molar-refractivity contribution is -0.643. The predicted octanol–water partition coefficient (Wildman–Crippen LogP) is 8.99. The molecular weight excluding hydrogens is 448 g/mol. The third-order valence-electron chi connectivity index (χ3n) is 8.43. The van der Waals surface area contributed by atoms with Crippen molar-refractivity contribution in [3.8, 4) is 0 Å². The first-order valence-electron chi connectivity index (χ1n) is 13.6. The maximum atomic E-state index is 2.64. The van der Waals surface area contributed by atoms with Crippen molar-refractivity contribution in [2.75, 3.05) is 0 Å². The van der Waals surface area contributed by atoms with Crippen LogP contribution in [0.3, 0.4) is 0 Å². The third-order valence-corrected chi connectivity index (χ3v) is 8.43. The van der Waals surface area contributed by atoms with Crippen molar-refractivity contribution < 1.29 is 4.57 Å².